The molecule has 4 rings (SSSR count). The van der Waals surface area contributed by atoms with Crippen molar-refractivity contribution >= 4 is 32.8 Å². The van der Waals surface area contributed by atoms with Crippen LogP contribution in [0.2, 0.25) is 0 Å². The first-order valence-electron chi connectivity index (χ1n) is 9.81. The highest BCUT2D eigenvalue weighted by Crippen LogP contribution is 2.27. The molecular formula is C21H23FN4O3S. The topological polar surface area (TPSA) is 93.1 Å². The number of pyridine rings is 1. The molecule has 1 saturated heterocycles. The van der Waals surface area contributed by atoms with Crippen molar-refractivity contribution in [3.8, 4) is 0 Å². The molecule has 3 aromatic rings. The zero-order valence-electron chi connectivity index (χ0n) is 16.7. The minimum atomic E-state index is -3.80. The number of aryl methyl sites for hydroxylation is 2. The number of nitrogens with one attached hydrogen (secondary N) is 2. The second kappa shape index (κ2) is 7.81. The molecule has 3 heterocycles. The largest absolute Gasteiger partial charge is 0.309 e. The molecule has 30 heavy (non-hydrogen) atoms. The van der Waals surface area contributed by atoms with Crippen LogP contribution in [0.25, 0.3) is 11.0 Å². The van der Waals surface area contributed by atoms with Crippen LogP contribution in [0.15, 0.2) is 47.4 Å². The summed E-state index contributed by atoms with van der Waals surface area (Å²) in [6, 6.07) is 11.0. The fraction of sp³-hybridized carbons (Fsp3) is 0.333. The molecule has 2 N–H and O–H groups in total. The first-order valence-corrected chi connectivity index (χ1v) is 11.3. The quantitative estimate of drug-likeness (QED) is 0.649. The Morgan fingerprint density at radius 3 is 2.63 bits per heavy atom. The lowest BCUT2D eigenvalue weighted by Gasteiger charge is -2.12. The smallest absolute Gasteiger partial charge is 0.268 e. The number of aromatic nitrogens is 2. The Balaban J connectivity index is 1.70. The summed E-state index contributed by atoms with van der Waals surface area (Å²) in [6.07, 6.45) is -0.420. The predicted octanol–water partition coefficient (Wildman–Crippen LogP) is 2.78. The number of amides is 1. The molecule has 1 aromatic carbocycles. The number of alkyl halides is 1. The summed E-state index contributed by atoms with van der Waals surface area (Å²) < 4.78 is 41.2. The van der Waals surface area contributed by atoms with Gasteiger partial charge in [0.25, 0.3) is 10.0 Å². The van der Waals surface area contributed by atoms with Gasteiger partial charge < -0.3 is 10.6 Å². The number of nitrogens with zero attached hydrogens (tertiary/aromatic N) is 2. The van der Waals surface area contributed by atoms with E-state index in [1.165, 1.54) is 3.97 Å². The number of hydrogen-bond acceptors (Lipinski definition) is 5. The molecule has 0 spiro atoms. The maximum Gasteiger partial charge on any atom is 0.268 e. The third-order valence-corrected chi connectivity index (χ3v) is 7.03. The molecule has 9 heteroatoms. The lowest BCUT2D eigenvalue weighted by Crippen LogP contribution is -2.35. The molecule has 1 amide bonds. The van der Waals surface area contributed by atoms with Crippen LogP contribution in [0, 0.1) is 6.92 Å². The van der Waals surface area contributed by atoms with Crippen molar-refractivity contribution in [2.45, 2.75) is 43.8 Å². The van der Waals surface area contributed by atoms with Crippen molar-refractivity contribution in [2.75, 3.05) is 11.9 Å². The second-order valence-electron chi connectivity index (χ2n) is 7.46. The van der Waals surface area contributed by atoms with Crippen LogP contribution in [0.1, 0.15) is 24.6 Å². The van der Waals surface area contributed by atoms with Crippen LogP contribution in [0.4, 0.5) is 10.2 Å². The van der Waals surface area contributed by atoms with Crippen molar-refractivity contribution in [2.24, 2.45) is 0 Å². The zero-order chi connectivity index (χ0) is 21.5. The SMILES string of the molecule is CCc1cc2nc(NC(=O)[C@H]3C[C@@H](F)CN3)ccc2n1S(=O)(=O)c1ccc(C)cc1. The Bertz CT molecular complexity index is 1200. The van der Waals surface area contributed by atoms with E-state index in [4.69, 9.17) is 0 Å². The normalized spacial score (nSPS) is 19.3. The van der Waals surface area contributed by atoms with Gasteiger partial charge in [-0.1, -0.05) is 24.6 Å². The van der Waals surface area contributed by atoms with Gasteiger partial charge in [0.15, 0.2) is 0 Å². The van der Waals surface area contributed by atoms with Crippen molar-refractivity contribution in [3.63, 3.8) is 0 Å². The summed E-state index contributed by atoms with van der Waals surface area (Å²) in [5, 5.41) is 5.51. The summed E-state index contributed by atoms with van der Waals surface area (Å²) >= 11 is 0. The molecule has 0 aliphatic carbocycles. The Morgan fingerprint density at radius 2 is 2.00 bits per heavy atom. The van der Waals surface area contributed by atoms with E-state index >= 15 is 0 Å². The van der Waals surface area contributed by atoms with Crippen LogP contribution in [0.5, 0.6) is 0 Å². The minimum Gasteiger partial charge on any atom is -0.309 e. The van der Waals surface area contributed by atoms with Crippen molar-refractivity contribution < 1.29 is 17.6 Å². The number of carbonyl (C=O) groups excluding carboxylic acids is 1. The van der Waals surface area contributed by atoms with Gasteiger partial charge >= 0.3 is 0 Å². The summed E-state index contributed by atoms with van der Waals surface area (Å²) in [5.41, 5.74) is 2.47. The van der Waals surface area contributed by atoms with E-state index in [-0.39, 0.29) is 23.8 Å². The average Bonchev–Trinajstić information content (AvgIpc) is 3.31. The lowest BCUT2D eigenvalue weighted by molar-refractivity contribution is -0.117. The maximum atomic E-state index is 13.3. The fourth-order valence-corrected chi connectivity index (χ4v) is 5.23. The highest BCUT2D eigenvalue weighted by atomic mass is 32.2. The van der Waals surface area contributed by atoms with Gasteiger partial charge in [-0.3, -0.25) is 4.79 Å². The number of hydrogen-bond donors (Lipinski definition) is 2. The molecule has 1 fully saturated rings. The summed E-state index contributed by atoms with van der Waals surface area (Å²) in [7, 11) is -3.80. The molecule has 158 valence electrons. The van der Waals surface area contributed by atoms with Crippen molar-refractivity contribution in [1.82, 2.24) is 14.3 Å². The summed E-state index contributed by atoms with van der Waals surface area (Å²) in [5.74, 6) is -0.0615. The Labute approximate surface area is 174 Å². The van der Waals surface area contributed by atoms with Crippen LogP contribution in [-0.4, -0.2) is 42.0 Å². The minimum absolute atomic E-state index is 0.124. The molecule has 0 unspecified atom stereocenters. The van der Waals surface area contributed by atoms with Gasteiger partial charge in [-0.05, 0) is 43.7 Å². The molecule has 2 atom stereocenters. The summed E-state index contributed by atoms with van der Waals surface area (Å²) in [6.45, 7) is 3.93. The summed E-state index contributed by atoms with van der Waals surface area (Å²) in [4.78, 5) is 16.9. The average molecular weight is 431 g/mol. The highest BCUT2D eigenvalue weighted by Gasteiger charge is 2.29. The lowest BCUT2D eigenvalue weighted by atomic mass is 10.2. The first-order chi connectivity index (χ1) is 14.3. The van der Waals surface area contributed by atoms with E-state index in [9.17, 15) is 17.6 Å². The van der Waals surface area contributed by atoms with Gasteiger partial charge in [0, 0.05) is 18.7 Å². The van der Waals surface area contributed by atoms with E-state index in [2.05, 4.69) is 15.6 Å². The fourth-order valence-electron chi connectivity index (χ4n) is 3.64. The van der Waals surface area contributed by atoms with Gasteiger partial charge in [-0.15, -0.1) is 0 Å². The van der Waals surface area contributed by atoms with Crippen molar-refractivity contribution in [1.29, 1.82) is 0 Å². The van der Waals surface area contributed by atoms with E-state index in [0.29, 0.717) is 29.0 Å². The van der Waals surface area contributed by atoms with Gasteiger partial charge in [0.2, 0.25) is 5.91 Å². The number of carbonyl (C=O) groups is 1. The van der Waals surface area contributed by atoms with Gasteiger partial charge in [0.05, 0.1) is 22.0 Å². The van der Waals surface area contributed by atoms with Crippen LogP contribution < -0.4 is 10.6 Å². The number of anilines is 1. The third kappa shape index (κ3) is 3.70. The Hall–Kier alpha value is -2.78. The molecule has 1 aliphatic rings. The highest BCUT2D eigenvalue weighted by molar-refractivity contribution is 7.90. The molecule has 0 radical (unpaired) electrons. The predicted molar refractivity (Wildman–Crippen MR) is 113 cm³/mol. The first kappa shape index (κ1) is 20.5. The third-order valence-electron chi connectivity index (χ3n) is 5.25. The van der Waals surface area contributed by atoms with Gasteiger partial charge in [-0.25, -0.2) is 21.8 Å². The van der Waals surface area contributed by atoms with Crippen LogP contribution in [0.3, 0.4) is 0 Å². The van der Waals surface area contributed by atoms with E-state index < -0.39 is 22.2 Å². The van der Waals surface area contributed by atoms with Crippen molar-refractivity contribution in [3.05, 3.63) is 53.7 Å². The van der Waals surface area contributed by atoms with E-state index in [1.54, 1.807) is 42.5 Å². The van der Waals surface area contributed by atoms with Crippen LogP contribution in [-0.2, 0) is 21.2 Å². The standard InChI is InChI=1S/C21H23FN4O3S/c1-3-15-11-17-19(26(15)30(28,29)16-6-4-13(2)5-7-16)8-9-20(24-17)25-21(27)18-10-14(22)12-23-18/h4-9,11,14,18,23H,3,10,12H2,1-2H3,(H,24,25,27)/t14-,18-/m1/s1. The monoisotopic (exact) mass is 430 g/mol. The van der Waals surface area contributed by atoms with Gasteiger partial charge in [0.1, 0.15) is 12.0 Å². The van der Waals surface area contributed by atoms with Crippen LogP contribution >= 0.6 is 0 Å². The second-order valence-corrected chi connectivity index (χ2v) is 9.24. The Morgan fingerprint density at radius 1 is 1.27 bits per heavy atom. The Kier molecular flexibility index (Phi) is 5.33. The number of fused-ring (bicyclic) bond motifs is 1. The zero-order valence-corrected chi connectivity index (χ0v) is 17.5. The maximum absolute atomic E-state index is 13.3. The number of benzene rings is 1. The molecule has 0 saturated carbocycles. The molecule has 0 bridgehead atoms. The molecule has 1 aliphatic heterocycles. The molecular weight excluding hydrogens is 407 g/mol. The molecule has 7 nitrogen and oxygen atoms in total. The van der Waals surface area contributed by atoms with Gasteiger partial charge in [-0.2, -0.15) is 0 Å². The van der Waals surface area contributed by atoms with E-state index in [1.807, 2.05) is 13.8 Å². The molecule has 2 aromatic heterocycles. The number of halogens is 1. The number of rotatable bonds is 5. The van der Waals surface area contributed by atoms with E-state index in [0.717, 1.165) is 5.56 Å².